The van der Waals surface area contributed by atoms with E-state index < -0.39 is 0 Å². The lowest BCUT2D eigenvalue weighted by Gasteiger charge is -2.53. The Bertz CT molecular complexity index is 534. The van der Waals surface area contributed by atoms with Crippen molar-refractivity contribution in [3.63, 3.8) is 0 Å². The second kappa shape index (κ2) is 4.85. The van der Waals surface area contributed by atoms with Crippen molar-refractivity contribution in [1.82, 2.24) is 4.98 Å². The molecule has 4 nitrogen and oxygen atoms in total. The van der Waals surface area contributed by atoms with Gasteiger partial charge in [0, 0.05) is 5.92 Å². The number of carbonyl (C=O) groups excluding carboxylic acids is 1. The number of nitrogens with zero attached hydrogens (tertiary/aromatic N) is 1. The summed E-state index contributed by atoms with van der Waals surface area (Å²) < 4.78 is 10.9. The van der Waals surface area contributed by atoms with Crippen molar-refractivity contribution >= 4 is 5.97 Å². The van der Waals surface area contributed by atoms with E-state index in [9.17, 15) is 4.79 Å². The Labute approximate surface area is 125 Å². The molecule has 1 heterocycles. The first-order valence-electron chi connectivity index (χ1n) is 8.30. The summed E-state index contributed by atoms with van der Waals surface area (Å²) in [5.41, 5.74) is 0.678. The largest absolute Gasteiger partial charge is 0.460 e. The number of carbonyl (C=O) groups is 1. The Morgan fingerprint density at radius 1 is 1.19 bits per heavy atom. The van der Waals surface area contributed by atoms with Gasteiger partial charge in [0.1, 0.15) is 0 Å². The number of ether oxygens (including phenoxy) is 1. The molecule has 4 fully saturated rings. The fourth-order valence-electron chi connectivity index (χ4n) is 5.27. The van der Waals surface area contributed by atoms with Crippen LogP contribution in [-0.2, 0) is 4.74 Å². The van der Waals surface area contributed by atoms with Crippen LogP contribution >= 0.6 is 0 Å². The molecule has 0 aromatic carbocycles. The normalized spacial score (nSPS) is 37.0. The number of esters is 1. The van der Waals surface area contributed by atoms with Gasteiger partial charge in [-0.05, 0) is 69.6 Å². The van der Waals surface area contributed by atoms with Gasteiger partial charge in [0.05, 0.1) is 12.3 Å². The Hall–Kier alpha value is -1.32. The van der Waals surface area contributed by atoms with Gasteiger partial charge in [-0.3, -0.25) is 0 Å². The van der Waals surface area contributed by atoms with E-state index in [1.165, 1.54) is 32.1 Å². The maximum absolute atomic E-state index is 11.9. The van der Waals surface area contributed by atoms with Crippen molar-refractivity contribution in [3.05, 3.63) is 17.3 Å². The highest BCUT2D eigenvalue weighted by molar-refractivity contribution is 5.87. The van der Waals surface area contributed by atoms with Crippen molar-refractivity contribution in [3.8, 4) is 0 Å². The number of aromatic nitrogens is 1. The van der Waals surface area contributed by atoms with Crippen molar-refractivity contribution in [2.75, 3.05) is 6.61 Å². The molecular weight excluding hydrogens is 266 g/mol. The van der Waals surface area contributed by atoms with Crippen LogP contribution in [-0.4, -0.2) is 17.6 Å². The molecule has 1 aromatic heterocycles. The van der Waals surface area contributed by atoms with E-state index in [0.29, 0.717) is 35.8 Å². The average Bonchev–Trinajstić information content (AvgIpc) is 2.79. The number of aryl methyl sites for hydroxylation is 1. The summed E-state index contributed by atoms with van der Waals surface area (Å²) in [7, 11) is 0. The summed E-state index contributed by atoms with van der Waals surface area (Å²) in [5, 5.41) is 0. The molecule has 0 spiro atoms. The molecule has 4 saturated carbocycles. The van der Waals surface area contributed by atoms with Crippen molar-refractivity contribution < 1.29 is 13.9 Å². The van der Waals surface area contributed by atoms with Crippen LogP contribution in [0.25, 0.3) is 0 Å². The van der Waals surface area contributed by atoms with Gasteiger partial charge >= 0.3 is 5.97 Å². The van der Waals surface area contributed by atoms with Gasteiger partial charge in [-0.2, -0.15) is 0 Å². The van der Waals surface area contributed by atoms with E-state index in [0.717, 1.165) is 17.7 Å². The second-order valence-electron chi connectivity index (χ2n) is 7.14. The maximum atomic E-state index is 11.9. The van der Waals surface area contributed by atoms with E-state index in [1.54, 1.807) is 0 Å². The number of hydrogen-bond donors (Lipinski definition) is 0. The van der Waals surface area contributed by atoms with E-state index in [-0.39, 0.29) is 5.97 Å². The lowest BCUT2D eigenvalue weighted by Crippen LogP contribution is -2.43. The third kappa shape index (κ3) is 2.11. The number of oxazole rings is 1. The molecule has 0 radical (unpaired) electrons. The third-order valence-corrected chi connectivity index (χ3v) is 5.79. The fraction of sp³-hybridized carbons (Fsp3) is 0.765. The second-order valence-corrected chi connectivity index (χ2v) is 7.14. The third-order valence-electron chi connectivity index (χ3n) is 5.79. The summed E-state index contributed by atoms with van der Waals surface area (Å²) in [5.74, 6) is 4.46. The molecule has 4 aliphatic carbocycles. The highest BCUT2D eigenvalue weighted by Crippen LogP contribution is 2.59. The van der Waals surface area contributed by atoms with E-state index >= 15 is 0 Å². The molecule has 114 valence electrons. The van der Waals surface area contributed by atoms with Crippen LogP contribution in [0.15, 0.2) is 4.42 Å². The summed E-state index contributed by atoms with van der Waals surface area (Å²) in [4.78, 5) is 16.5. The van der Waals surface area contributed by atoms with Gasteiger partial charge in [0.15, 0.2) is 5.89 Å². The summed E-state index contributed by atoms with van der Waals surface area (Å²) in [6.45, 7) is 4.02. The summed E-state index contributed by atoms with van der Waals surface area (Å²) in [6.07, 6.45) is 6.75. The van der Waals surface area contributed by atoms with Crippen LogP contribution in [0, 0.1) is 30.6 Å². The molecule has 0 unspecified atom stereocenters. The SMILES string of the molecule is CCOC(=O)c1oc(C2C3CC4CC(C3)CC2C4)nc1C. The summed E-state index contributed by atoms with van der Waals surface area (Å²) in [6, 6.07) is 0. The smallest absolute Gasteiger partial charge is 0.376 e. The predicted molar refractivity (Wildman–Crippen MR) is 77.0 cm³/mol. The van der Waals surface area contributed by atoms with Gasteiger partial charge < -0.3 is 9.15 Å². The van der Waals surface area contributed by atoms with Crippen LogP contribution in [0.3, 0.4) is 0 Å². The maximum Gasteiger partial charge on any atom is 0.376 e. The fourth-order valence-corrected chi connectivity index (χ4v) is 5.27. The Morgan fingerprint density at radius 3 is 2.38 bits per heavy atom. The molecule has 21 heavy (non-hydrogen) atoms. The minimum Gasteiger partial charge on any atom is -0.460 e. The number of rotatable bonds is 3. The molecule has 0 aliphatic heterocycles. The van der Waals surface area contributed by atoms with Crippen LogP contribution in [0.5, 0.6) is 0 Å². The van der Waals surface area contributed by atoms with Gasteiger partial charge in [0.25, 0.3) is 0 Å². The van der Waals surface area contributed by atoms with Crippen LogP contribution in [0.1, 0.15) is 67.1 Å². The van der Waals surface area contributed by atoms with Crippen molar-refractivity contribution in [2.45, 2.75) is 51.9 Å². The van der Waals surface area contributed by atoms with Gasteiger partial charge in [-0.15, -0.1) is 0 Å². The molecule has 5 rings (SSSR count). The molecule has 4 bridgehead atoms. The Morgan fingerprint density at radius 2 is 1.81 bits per heavy atom. The molecule has 0 saturated heterocycles. The minimum absolute atomic E-state index is 0.306. The zero-order valence-corrected chi connectivity index (χ0v) is 12.8. The standard InChI is InChI=1S/C17H23NO3/c1-3-20-17(19)15-9(2)18-16(21-15)14-12-5-10-4-11(7-12)8-13(14)6-10/h10-14H,3-8H2,1-2H3. The minimum atomic E-state index is -0.377. The van der Waals surface area contributed by atoms with Crippen LogP contribution in [0.4, 0.5) is 0 Å². The molecular formula is C17H23NO3. The van der Waals surface area contributed by atoms with E-state index in [1.807, 2.05) is 13.8 Å². The molecule has 0 amide bonds. The highest BCUT2D eigenvalue weighted by Gasteiger charge is 2.50. The summed E-state index contributed by atoms with van der Waals surface area (Å²) >= 11 is 0. The highest BCUT2D eigenvalue weighted by atomic mass is 16.5. The molecule has 4 heteroatoms. The van der Waals surface area contributed by atoms with Crippen molar-refractivity contribution in [1.29, 1.82) is 0 Å². The van der Waals surface area contributed by atoms with Crippen LogP contribution < -0.4 is 0 Å². The lowest BCUT2D eigenvalue weighted by atomic mass is 9.52. The molecule has 4 aliphatic rings. The molecule has 0 atom stereocenters. The molecule has 1 aromatic rings. The Kier molecular flexibility index (Phi) is 3.09. The first kappa shape index (κ1) is 13.4. The molecule has 0 N–H and O–H groups in total. The Balaban J connectivity index is 1.62. The number of hydrogen-bond acceptors (Lipinski definition) is 4. The average molecular weight is 289 g/mol. The zero-order valence-electron chi connectivity index (χ0n) is 12.8. The van der Waals surface area contributed by atoms with Crippen molar-refractivity contribution in [2.24, 2.45) is 23.7 Å². The van der Waals surface area contributed by atoms with Gasteiger partial charge in [-0.1, -0.05) is 0 Å². The van der Waals surface area contributed by atoms with E-state index in [4.69, 9.17) is 9.15 Å². The first-order chi connectivity index (χ1) is 10.2. The predicted octanol–water partition coefficient (Wildman–Crippen LogP) is 3.70. The van der Waals surface area contributed by atoms with Crippen LogP contribution in [0.2, 0.25) is 0 Å². The monoisotopic (exact) mass is 289 g/mol. The lowest BCUT2D eigenvalue weighted by molar-refractivity contribution is -0.0120. The van der Waals surface area contributed by atoms with E-state index in [2.05, 4.69) is 4.98 Å². The topological polar surface area (TPSA) is 52.3 Å². The zero-order chi connectivity index (χ0) is 14.6. The first-order valence-corrected chi connectivity index (χ1v) is 8.30. The van der Waals surface area contributed by atoms with Gasteiger partial charge in [0.2, 0.25) is 5.76 Å². The van der Waals surface area contributed by atoms with Gasteiger partial charge in [-0.25, -0.2) is 9.78 Å². The quantitative estimate of drug-likeness (QED) is 0.796.